The molecule has 6 nitrogen and oxygen atoms in total. The minimum absolute atomic E-state index is 0. The van der Waals surface area contributed by atoms with Gasteiger partial charge in [-0.05, 0) is 31.9 Å². The third kappa shape index (κ3) is 7.02. The van der Waals surface area contributed by atoms with E-state index in [9.17, 15) is 4.79 Å². The maximum Gasteiger partial charge on any atom is 0.409 e. The summed E-state index contributed by atoms with van der Waals surface area (Å²) >= 11 is 7.46. The molecule has 0 unspecified atom stereocenters. The Bertz CT molecular complexity index is 547. The van der Waals surface area contributed by atoms with E-state index < -0.39 is 0 Å². The fourth-order valence-electron chi connectivity index (χ4n) is 2.45. The highest BCUT2D eigenvalue weighted by Crippen LogP contribution is 2.21. The summed E-state index contributed by atoms with van der Waals surface area (Å²) in [5.74, 6) is 0.460. The molecule has 0 bridgehead atoms. The van der Waals surface area contributed by atoms with Gasteiger partial charge in [-0.25, -0.2) is 4.79 Å². The number of amides is 1. The SMILES string of the molecule is CCOC(=O)N1CCC(NC(N)=NCCc2ccc(Cl)s2)CC1.I. The number of nitrogens with one attached hydrogen (secondary N) is 1. The van der Waals surface area contributed by atoms with Crippen LogP contribution in [-0.4, -0.2) is 49.2 Å². The summed E-state index contributed by atoms with van der Waals surface area (Å²) in [6, 6.07) is 4.15. The van der Waals surface area contributed by atoms with E-state index in [1.165, 1.54) is 4.88 Å². The number of ether oxygens (including phenoxy) is 1. The number of aliphatic imine (C=N–C) groups is 1. The highest BCUT2D eigenvalue weighted by molar-refractivity contribution is 14.0. The zero-order chi connectivity index (χ0) is 16.7. The molecule has 3 N–H and O–H groups in total. The van der Waals surface area contributed by atoms with Gasteiger partial charge < -0.3 is 20.7 Å². The Morgan fingerprint density at radius 2 is 2.21 bits per heavy atom. The second kappa shape index (κ2) is 11.0. The van der Waals surface area contributed by atoms with E-state index in [-0.39, 0.29) is 36.1 Å². The van der Waals surface area contributed by atoms with E-state index in [1.54, 1.807) is 16.2 Å². The summed E-state index contributed by atoms with van der Waals surface area (Å²) in [4.78, 5) is 18.9. The van der Waals surface area contributed by atoms with Crippen LogP contribution < -0.4 is 11.1 Å². The van der Waals surface area contributed by atoms with Crippen molar-refractivity contribution in [3.63, 3.8) is 0 Å². The molecule has 1 amide bonds. The number of carbonyl (C=O) groups excluding carboxylic acids is 1. The van der Waals surface area contributed by atoms with Gasteiger partial charge in [0.05, 0.1) is 10.9 Å². The molecule has 0 radical (unpaired) electrons. The number of likely N-dealkylation sites (tertiary alicyclic amines) is 1. The first-order valence-electron chi connectivity index (χ1n) is 7.81. The van der Waals surface area contributed by atoms with Crippen LogP contribution >= 0.6 is 46.9 Å². The topological polar surface area (TPSA) is 80.0 Å². The van der Waals surface area contributed by atoms with Crippen LogP contribution in [0.1, 0.15) is 24.6 Å². The van der Waals surface area contributed by atoms with E-state index in [0.717, 1.165) is 23.6 Å². The molecule has 1 saturated heterocycles. The number of hydrogen-bond acceptors (Lipinski definition) is 4. The summed E-state index contributed by atoms with van der Waals surface area (Å²) in [6.07, 6.45) is 2.29. The Balaban J connectivity index is 0.00000288. The van der Waals surface area contributed by atoms with Crippen LogP contribution in [0.5, 0.6) is 0 Å². The van der Waals surface area contributed by atoms with E-state index in [0.29, 0.717) is 32.2 Å². The lowest BCUT2D eigenvalue weighted by Crippen LogP contribution is -2.48. The number of hydrogen-bond donors (Lipinski definition) is 2. The summed E-state index contributed by atoms with van der Waals surface area (Å²) in [5, 5.41) is 3.23. The van der Waals surface area contributed by atoms with Crippen LogP contribution in [0.3, 0.4) is 0 Å². The van der Waals surface area contributed by atoms with Gasteiger partial charge in [-0.15, -0.1) is 35.3 Å². The highest BCUT2D eigenvalue weighted by atomic mass is 127. The van der Waals surface area contributed by atoms with Crippen molar-refractivity contribution in [3.05, 3.63) is 21.3 Å². The van der Waals surface area contributed by atoms with Gasteiger partial charge in [0.2, 0.25) is 0 Å². The smallest absolute Gasteiger partial charge is 0.409 e. The molecule has 1 aromatic rings. The summed E-state index contributed by atoms with van der Waals surface area (Å²) < 4.78 is 5.80. The molecule has 0 aliphatic carbocycles. The number of nitrogens with zero attached hydrogens (tertiary/aromatic N) is 2. The summed E-state index contributed by atoms with van der Waals surface area (Å²) in [5.41, 5.74) is 5.93. The molecule has 2 heterocycles. The summed E-state index contributed by atoms with van der Waals surface area (Å²) in [7, 11) is 0. The average molecular weight is 487 g/mol. The number of rotatable bonds is 5. The number of thiophene rings is 1. The van der Waals surface area contributed by atoms with Gasteiger partial charge >= 0.3 is 6.09 Å². The first-order valence-corrected chi connectivity index (χ1v) is 9.00. The molecule has 0 atom stereocenters. The lowest BCUT2D eigenvalue weighted by atomic mass is 10.1. The molecule has 1 aliphatic rings. The van der Waals surface area contributed by atoms with Crippen molar-refractivity contribution in [2.45, 2.75) is 32.2 Å². The average Bonchev–Trinajstić information content (AvgIpc) is 2.93. The number of piperidine rings is 1. The molecule has 136 valence electrons. The van der Waals surface area contributed by atoms with E-state index in [1.807, 2.05) is 19.1 Å². The predicted molar refractivity (Wildman–Crippen MR) is 110 cm³/mol. The second-order valence-electron chi connectivity index (χ2n) is 5.33. The molecule has 9 heteroatoms. The Kier molecular flexibility index (Phi) is 9.75. The zero-order valence-corrected chi connectivity index (χ0v) is 17.6. The molecular formula is C15H24ClIN4O2S. The van der Waals surface area contributed by atoms with Gasteiger partial charge in [-0.1, -0.05) is 11.6 Å². The first kappa shape index (κ1) is 21.3. The Hall–Kier alpha value is -0.740. The van der Waals surface area contributed by atoms with Crippen molar-refractivity contribution in [1.82, 2.24) is 10.2 Å². The fraction of sp³-hybridized carbons (Fsp3) is 0.600. The van der Waals surface area contributed by atoms with Crippen LogP contribution in [-0.2, 0) is 11.2 Å². The van der Waals surface area contributed by atoms with Crippen LogP contribution in [0, 0.1) is 0 Å². The first-order chi connectivity index (χ1) is 11.1. The molecule has 1 aliphatic heterocycles. The van der Waals surface area contributed by atoms with Crippen LogP contribution in [0.15, 0.2) is 17.1 Å². The molecule has 1 aromatic heterocycles. The number of carbonyl (C=O) groups is 1. The van der Waals surface area contributed by atoms with Crippen LogP contribution in [0.2, 0.25) is 4.34 Å². The number of guanidine groups is 1. The van der Waals surface area contributed by atoms with Gasteiger partial charge in [0.25, 0.3) is 0 Å². The Morgan fingerprint density at radius 1 is 1.50 bits per heavy atom. The fourth-order valence-corrected chi connectivity index (χ4v) is 3.52. The van der Waals surface area contributed by atoms with Crippen molar-refractivity contribution in [2.75, 3.05) is 26.2 Å². The molecule has 0 aromatic carbocycles. The van der Waals surface area contributed by atoms with Crippen LogP contribution in [0.4, 0.5) is 4.79 Å². The maximum atomic E-state index is 11.6. The lowest BCUT2D eigenvalue weighted by molar-refractivity contribution is 0.0963. The normalized spacial score (nSPS) is 15.8. The Morgan fingerprint density at radius 3 is 2.79 bits per heavy atom. The second-order valence-corrected chi connectivity index (χ2v) is 7.13. The van der Waals surface area contributed by atoms with Crippen molar-refractivity contribution in [3.8, 4) is 0 Å². The van der Waals surface area contributed by atoms with E-state index in [4.69, 9.17) is 22.1 Å². The molecule has 0 saturated carbocycles. The standard InChI is InChI=1S/C15H23ClN4O2S.HI/c1-2-22-15(21)20-9-6-11(7-10-20)19-14(17)18-8-5-12-3-4-13(16)23-12;/h3-4,11H,2,5-10H2,1H3,(H3,17,18,19);1H. The van der Waals surface area contributed by atoms with Gasteiger partial charge in [0.1, 0.15) is 0 Å². The third-order valence-electron chi connectivity index (χ3n) is 3.64. The molecule has 2 rings (SSSR count). The van der Waals surface area contributed by atoms with E-state index >= 15 is 0 Å². The maximum absolute atomic E-state index is 11.6. The van der Waals surface area contributed by atoms with Crippen molar-refractivity contribution < 1.29 is 9.53 Å². The van der Waals surface area contributed by atoms with Gasteiger partial charge in [0.15, 0.2) is 5.96 Å². The number of halogens is 2. The van der Waals surface area contributed by atoms with E-state index in [2.05, 4.69) is 10.3 Å². The predicted octanol–water partition coefficient (Wildman–Crippen LogP) is 3.09. The molecular weight excluding hydrogens is 463 g/mol. The third-order valence-corrected chi connectivity index (χ3v) is 4.93. The van der Waals surface area contributed by atoms with Gasteiger partial charge in [0, 0.05) is 37.0 Å². The quantitative estimate of drug-likeness (QED) is 0.381. The Labute approximate surface area is 168 Å². The summed E-state index contributed by atoms with van der Waals surface area (Å²) in [6.45, 7) is 4.21. The number of nitrogens with two attached hydrogens (primary N) is 1. The highest BCUT2D eigenvalue weighted by Gasteiger charge is 2.23. The minimum Gasteiger partial charge on any atom is -0.450 e. The largest absolute Gasteiger partial charge is 0.450 e. The zero-order valence-electron chi connectivity index (χ0n) is 13.7. The van der Waals surface area contributed by atoms with Crippen molar-refractivity contribution in [2.24, 2.45) is 10.7 Å². The van der Waals surface area contributed by atoms with Crippen LogP contribution in [0.25, 0.3) is 0 Å². The molecule has 24 heavy (non-hydrogen) atoms. The molecule has 0 spiro atoms. The molecule has 1 fully saturated rings. The van der Waals surface area contributed by atoms with Gasteiger partial charge in [-0.2, -0.15) is 0 Å². The van der Waals surface area contributed by atoms with Gasteiger partial charge in [-0.3, -0.25) is 4.99 Å². The van der Waals surface area contributed by atoms with Crippen molar-refractivity contribution >= 4 is 59.0 Å². The van der Waals surface area contributed by atoms with Crippen molar-refractivity contribution in [1.29, 1.82) is 0 Å². The lowest BCUT2D eigenvalue weighted by Gasteiger charge is -2.31. The monoisotopic (exact) mass is 486 g/mol. The minimum atomic E-state index is -0.234.